The molecule has 0 aliphatic carbocycles. The molecule has 212 valence electrons. The molecule has 2 aromatic heterocycles. The van der Waals surface area contributed by atoms with Crippen LogP contribution in [0.3, 0.4) is 0 Å². The summed E-state index contributed by atoms with van der Waals surface area (Å²) in [6.45, 7) is 0. The molecule has 3 heteroatoms. The van der Waals surface area contributed by atoms with Gasteiger partial charge in [-0.15, -0.1) is 0 Å². The lowest BCUT2D eigenvalue weighted by Crippen LogP contribution is -2.10. The van der Waals surface area contributed by atoms with E-state index in [9.17, 15) is 0 Å². The summed E-state index contributed by atoms with van der Waals surface area (Å²) < 4.78 is 13.1. The summed E-state index contributed by atoms with van der Waals surface area (Å²) in [6, 6.07) is 57.2. The molecule has 0 aliphatic heterocycles. The van der Waals surface area contributed by atoms with Crippen molar-refractivity contribution in [3.8, 4) is 22.3 Å². The Morgan fingerprint density at radius 1 is 0.333 bits per heavy atom. The van der Waals surface area contributed by atoms with Gasteiger partial charge in [0, 0.05) is 49.7 Å². The van der Waals surface area contributed by atoms with E-state index in [0.717, 1.165) is 72.1 Å². The molecule has 0 unspecified atom stereocenters. The molecule has 0 radical (unpaired) electrons. The van der Waals surface area contributed by atoms with E-state index in [0.29, 0.717) is 0 Å². The molecular formula is C42H27NO2. The average Bonchev–Trinajstić information content (AvgIpc) is 3.68. The number of nitrogens with zero attached hydrogens (tertiary/aromatic N) is 1. The minimum atomic E-state index is 0.848. The number of benzene rings is 7. The molecule has 7 aromatic carbocycles. The van der Waals surface area contributed by atoms with E-state index < -0.39 is 0 Å². The largest absolute Gasteiger partial charge is 0.455 e. The topological polar surface area (TPSA) is 29.5 Å². The van der Waals surface area contributed by atoms with Gasteiger partial charge >= 0.3 is 0 Å². The first kappa shape index (κ1) is 25.4. The van der Waals surface area contributed by atoms with Crippen LogP contribution in [0, 0.1) is 0 Å². The molecule has 2 heterocycles. The van der Waals surface area contributed by atoms with Crippen molar-refractivity contribution in [2.75, 3.05) is 4.90 Å². The van der Waals surface area contributed by atoms with Gasteiger partial charge in [0.15, 0.2) is 0 Å². The molecule has 45 heavy (non-hydrogen) atoms. The smallest absolute Gasteiger partial charge is 0.143 e. The monoisotopic (exact) mass is 577 g/mol. The standard InChI is InChI=1S/C42H27NO2/c1-3-12-28(13-4-1)29-22-24-31(25-23-29)43(30-14-5-2-6-15-30)32-26-37-34-17-8-10-21-40(34)45-42(37)38(27-32)36-19-11-18-35-33-16-7-9-20-39(33)44-41(35)36/h1-27H. The molecule has 9 rings (SSSR count). The van der Waals surface area contributed by atoms with E-state index in [2.05, 4.69) is 138 Å². The van der Waals surface area contributed by atoms with Crippen LogP contribution in [0.2, 0.25) is 0 Å². The molecule has 0 aliphatic rings. The molecular weight excluding hydrogens is 550 g/mol. The second-order valence-corrected chi connectivity index (χ2v) is 11.3. The van der Waals surface area contributed by atoms with Gasteiger partial charge in [-0.25, -0.2) is 0 Å². The quantitative estimate of drug-likeness (QED) is 0.204. The zero-order valence-corrected chi connectivity index (χ0v) is 24.4. The first-order chi connectivity index (χ1) is 22.3. The predicted molar refractivity (Wildman–Crippen MR) is 187 cm³/mol. The molecule has 0 atom stereocenters. The Labute approximate surface area is 260 Å². The molecule has 0 spiro atoms. The highest BCUT2D eigenvalue weighted by molar-refractivity contribution is 6.16. The van der Waals surface area contributed by atoms with Crippen molar-refractivity contribution >= 4 is 60.9 Å². The van der Waals surface area contributed by atoms with Crippen LogP contribution < -0.4 is 4.90 Å². The van der Waals surface area contributed by atoms with Crippen molar-refractivity contribution in [2.24, 2.45) is 0 Å². The SMILES string of the molecule is c1ccc(-c2ccc(N(c3ccccc3)c3cc(-c4cccc5c4oc4ccccc45)c4oc5ccccc5c4c3)cc2)cc1. The summed E-state index contributed by atoms with van der Waals surface area (Å²) >= 11 is 0. The summed E-state index contributed by atoms with van der Waals surface area (Å²) in [5.74, 6) is 0. The van der Waals surface area contributed by atoms with Gasteiger partial charge in [-0.05, 0) is 59.7 Å². The Morgan fingerprint density at radius 2 is 0.867 bits per heavy atom. The van der Waals surface area contributed by atoms with Gasteiger partial charge in [0.25, 0.3) is 0 Å². The van der Waals surface area contributed by atoms with Gasteiger partial charge in [-0.3, -0.25) is 0 Å². The number of hydrogen-bond acceptors (Lipinski definition) is 3. The number of para-hydroxylation sites is 4. The lowest BCUT2D eigenvalue weighted by Gasteiger charge is -2.26. The first-order valence-corrected chi connectivity index (χ1v) is 15.2. The van der Waals surface area contributed by atoms with Crippen LogP contribution in [0.15, 0.2) is 173 Å². The highest BCUT2D eigenvalue weighted by Crippen LogP contribution is 2.45. The third-order valence-electron chi connectivity index (χ3n) is 8.66. The third kappa shape index (κ3) is 4.21. The van der Waals surface area contributed by atoms with Crippen LogP contribution in [0.25, 0.3) is 66.1 Å². The van der Waals surface area contributed by atoms with Crippen LogP contribution in [-0.2, 0) is 0 Å². The van der Waals surface area contributed by atoms with Gasteiger partial charge in [-0.2, -0.15) is 0 Å². The Kier molecular flexibility index (Phi) is 5.82. The maximum atomic E-state index is 6.61. The summed E-state index contributed by atoms with van der Waals surface area (Å²) in [4.78, 5) is 2.32. The number of rotatable bonds is 5. The Balaban J connectivity index is 1.31. The van der Waals surface area contributed by atoms with Crippen molar-refractivity contribution in [3.63, 3.8) is 0 Å². The van der Waals surface area contributed by atoms with Gasteiger partial charge in [0.1, 0.15) is 22.3 Å². The maximum absolute atomic E-state index is 6.61. The highest BCUT2D eigenvalue weighted by Gasteiger charge is 2.22. The molecule has 0 fully saturated rings. The molecule has 0 amide bonds. The number of furan rings is 2. The fourth-order valence-corrected chi connectivity index (χ4v) is 6.56. The lowest BCUT2D eigenvalue weighted by molar-refractivity contribution is 0.665. The number of anilines is 3. The summed E-state index contributed by atoms with van der Waals surface area (Å²) in [5.41, 5.74) is 11.0. The van der Waals surface area contributed by atoms with E-state index in [1.54, 1.807) is 0 Å². The van der Waals surface area contributed by atoms with Gasteiger partial charge in [0.05, 0.1) is 0 Å². The summed E-state index contributed by atoms with van der Waals surface area (Å²) in [6.07, 6.45) is 0. The third-order valence-corrected chi connectivity index (χ3v) is 8.66. The van der Waals surface area contributed by atoms with Crippen molar-refractivity contribution in [2.45, 2.75) is 0 Å². The van der Waals surface area contributed by atoms with Crippen molar-refractivity contribution in [1.29, 1.82) is 0 Å². The Bertz CT molecular complexity index is 2470. The lowest BCUT2D eigenvalue weighted by atomic mass is 9.98. The Morgan fingerprint density at radius 3 is 1.58 bits per heavy atom. The second-order valence-electron chi connectivity index (χ2n) is 11.3. The molecule has 0 saturated carbocycles. The minimum absolute atomic E-state index is 0.848. The van der Waals surface area contributed by atoms with E-state index in [-0.39, 0.29) is 0 Å². The molecule has 0 N–H and O–H groups in total. The molecule has 0 saturated heterocycles. The fourth-order valence-electron chi connectivity index (χ4n) is 6.56. The van der Waals surface area contributed by atoms with Crippen molar-refractivity contribution in [3.05, 3.63) is 164 Å². The second kappa shape index (κ2) is 10.3. The van der Waals surface area contributed by atoms with E-state index >= 15 is 0 Å². The average molecular weight is 578 g/mol. The fraction of sp³-hybridized carbons (Fsp3) is 0. The molecule has 0 bridgehead atoms. The van der Waals surface area contributed by atoms with Gasteiger partial charge in [-0.1, -0.05) is 115 Å². The van der Waals surface area contributed by atoms with Gasteiger partial charge < -0.3 is 13.7 Å². The van der Waals surface area contributed by atoms with Gasteiger partial charge in [0.2, 0.25) is 0 Å². The zero-order valence-electron chi connectivity index (χ0n) is 24.4. The minimum Gasteiger partial charge on any atom is -0.455 e. The Hall–Kier alpha value is -6.06. The molecule has 3 nitrogen and oxygen atoms in total. The first-order valence-electron chi connectivity index (χ1n) is 15.2. The van der Waals surface area contributed by atoms with E-state index in [1.807, 2.05) is 30.3 Å². The van der Waals surface area contributed by atoms with Crippen molar-refractivity contribution < 1.29 is 8.83 Å². The highest BCUT2D eigenvalue weighted by atomic mass is 16.3. The van der Waals surface area contributed by atoms with Crippen LogP contribution in [0.4, 0.5) is 17.1 Å². The predicted octanol–water partition coefficient (Wildman–Crippen LogP) is 12.3. The summed E-state index contributed by atoms with van der Waals surface area (Å²) in [5, 5.41) is 4.35. The maximum Gasteiger partial charge on any atom is 0.143 e. The van der Waals surface area contributed by atoms with Crippen LogP contribution >= 0.6 is 0 Å². The summed E-state index contributed by atoms with van der Waals surface area (Å²) in [7, 11) is 0. The van der Waals surface area contributed by atoms with Crippen LogP contribution in [0.1, 0.15) is 0 Å². The number of fused-ring (bicyclic) bond motifs is 6. The number of hydrogen-bond donors (Lipinski definition) is 0. The normalized spacial score (nSPS) is 11.6. The van der Waals surface area contributed by atoms with Crippen LogP contribution in [0.5, 0.6) is 0 Å². The van der Waals surface area contributed by atoms with Crippen LogP contribution in [-0.4, -0.2) is 0 Å². The zero-order chi connectivity index (χ0) is 29.7. The van der Waals surface area contributed by atoms with E-state index in [4.69, 9.17) is 8.83 Å². The molecule has 9 aromatic rings. The van der Waals surface area contributed by atoms with E-state index in [1.165, 1.54) is 11.1 Å². The van der Waals surface area contributed by atoms with Crippen molar-refractivity contribution in [1.82, 2.24) is 0 Å².